The fourth-order valence-corrected chi connectivity index (χ4v) is 2.42. The standard InChI is InChI=1S/C9H13N7O2S/c1-3-16-8(17)14-15-9(16)19-7-5(18-2)6(13-10)11-4-12-7/h4H,3,10H2,1-2H3,(H,14,17)(H,11,12,13). The highest BCUT2D eigenvalue weighted by atomic mass is 32.2. The zero-order valence-corrected chi connectivity index (χ0v) is 11.2. The highest BCUT2D eigenvalue weighted by Gasteiger charge is 2.16. The van der Waals surface area contributed by atoms with Gasteiger partial charge in [0.1, 0.15) is 6.33 Å². The molecule has 0 unspecified atom stereocenters. The summed E-state index contributed by atoms with van der Waals surface area (Å²) in [6.07, 6.45) is 1.35. The molecular formula is C9H13N7O2S. The first-order valence-corrected chi connectivity index (χ1v) is 6.21. The summed E-state index contributed by atoms with van der Waals surface area (Å²) in [5, 5.41) is 7.33. The Kier molecular flexibility index (Phi) is 4.02. The molecule has 0 radical (unpaired) electrons. The second-order valence-electron chi connectivity index (χ2n) is 3.36. The maximum absolute atomic E-state index is 11.5. The summed E-state index contributed by atoms with van der Waals surface area (Å²) in [5.41, 5.74) is 2.15. The summed E-state index contributed by atoms with van der Waals surface area (Å²) in [6.45, 7) is 2.36. The lowest BCUT2D eigenvalue weighted by atomic mass is 10.5. The first-order valence-electron chi connectivity index (χ1n) is 5.39. The van der Waals surface area contributed by atoms with Gasteiger partial charge >= 0.3 is 5.69 Å². The number of methoxy groups -OCH3 is 1. The monoisotopic (exact) mass is 283 g/mol. The van der Waals surface area contributed by atoms with E-state index >= 15 is 0 Å². The minimum Gasteiger partial charge on any atom is -0.490 e. The number of hydrogen-bond acceptors (Lipinski definition) is 8. The van der Waals surface area contributed by atoms with Crippen molar-refractivity contribution in [3.63, 3.8) is 0 Å². The summed E-state index contributed by atoms with van der Waals surface area (Å²) in [5.74, 6) is 6.10. The Bertz CT molecular complexity index is 623. The summed E-state index contributed by atoms with van der Waals surface area (Å²) < 4.78 is 6.69. The second-order valence-corrected chi connectivity index (χ2v) is 4.32. The number of aromatic amines is 1. The molecule has 0 fully saturated rings. The Hall–Kier alpha value is -2.07. The van der Waals surface area contributed by atoms with Gasteiger partial charge in [-0.25, -0.2) is 25.7 Å². The molecule has 9 nitrogen and oxygen atoms in total. The number of H-pyrrole nitrogens is 1. The van der Waals surface area contributed by atoms with Crippen molar-refractivity contribution in [3.8, 4) is 5.75 Å². The van der Waals surface area contributed by atoms with E-state index < -0.39 is 0 Å². The largest absolute Gasteiger partial charge is 0.490 e. The number of ether oxygens (including phenoxy) is 1. The van der Waals surface area contributed by atoms with E-state index in [4.69, 9.17) is 10.6 Å². The zero-order chi connectivity index (χ0) is 13.8. The van der Waals surface area contributed by atoms with Gasteiger partial charge in [0.25, 0.3) is 0 Å². The second kappa shape index (κ2) is 5.71. The fraction of sp³-hybridized carbons (Fsp3) is 0.333. The summed E-state index contributed by atoms with van der Waals surface area (Å²) in [6, 6.07) is 0. The molecule has 2 rings (SSSR count). The lowest BCUT2D eigenvalue weighted by Crippen LogP contribution is -2.16. The summed E-state index contributed by atoms with van der Waals surface area (Å²) in [7, 11) is 1.49. The third-order valence-corrected chi connectivity index (χ3v) is 3.32. The Morgan fingerprint density at radius 1 is 1.58 bits per heavy atom. The Balaban J connectivity index is 2.40. The van der Waals surface area contributed by atoms with Crippen LogP contribution < -0.4 is 21.7 Å². The topological polar surface area (TPSA) is 124 Å². The highest BCUT2D eigenvalue weighted by molar-refractivity contribution is 7.99. The third kappa shape index (κ3) is 2.53. The number of nitrogens with zero attached hydrogens (tertiary/aromatic N) is 4. The number of anilines is 1. The third-order valence-electron chi connectivity index (χ3n) is 2.34. The number of aromatic nitrogens is 5. The molecule has 0 saturated carbocycles. The van der Waals surface area contributed by atoms with Gasteiger partial charge in [-0.15, -0.1) is 5.10 Å². The van der Waals surface area contributed by atoms with Crippen LogP contribution in [0, 0.1) is 0 Å². The first kappa shape index (κ1) is 13.4. The van der Waals surface area contributed by atoms with E-state index in [2.05, 4.69) is 25.6 Å². The molecule has 10 heteroatoms. The van der Waals surface area contributed by atoms with Gasteiger partial charge in [-0.2, -0.15) is 0 Å². The molecule has 0 bridgehead atoms. The quantitative estimate of drug-likeness (QED) is 0.392. The molecule has 0 aliphatic carbocycles. The Labute approximate surface area is 112 Å². The van der Waals surface area contributed by atoms with Gasteiger partial charge in [-0.05, 0) is 18.7 Å². The van der Waals surface area contributed by atoms with Gasteiger partial charge in [0.2, 0.25) is 0 Å². The van der Waals surface area contributed by atoms with Crippen molar-refractivity contribution in [3.05, 3.63) is 16.8 Å². The van der Waals surface area contributed by atoms with Crippen molar-refractivity contribution in [2.75, 3.05) is 12.5 Å². The normalized spacial score (nSPS) is 10.5. The van der Waals surface area contributed by atoms with E-state index in [-0.39, 0.29) is 5.69 Å². The molecule has 0 amide bonds. The molecule has 0 saturated heterocycles. The van der Waals surface area contributed by atoms with E-state index in [1.54, 1.807) is 0 Å². The fourth-order valence-electron chi connectivity index (χ4n) is 1.46. The van der Waals surface area contributed by atoms with Crippen LogP contribution in [0.25, 0.3) is 0 Å². The molecule has 4 N–H and O–H groups in total. The molecule has 19 heavy (non-hydrogen) atoms. The van der Waals surface area contributed by atoms with Gasteiger partial charge in [-0.1, -0.05) is 0 Å². The number of hydrazine groups is 1. The van der Waals surface area contributed by atoms with Crippen molar-refractivity contribution >= 4 is 17.6 Å². The van der Waals surface area contributed by atoms with Crippen LogP contribution in [0.2, 0.25) is 0 Å². The van der Waals surface area contributed by atoms with Crippen molar-refractivity contribution in [2.45, 2.75) is 23.7 Å². The molecule has 102 valence electrons. The molecule has 2 aromatic rings. The van der Waals surface area contributed by atoms with Gasteiger partial charge in [0.15, 0.2) is 21.7 Å². The minimum atomic E-state index is -0.268. The lowest BCUT2D eigenvalue weighted by Gasteiger charge is -2.09. The van der Waals surface area contributed by atoms with Crippen LogP contribution in [-0.4, -0.2) is 31.8 Å². The number of hydrogen-bond donors (Lipinski definition) is 3. The zero-order valence-electron chi connectivity index (χ0n) is 10.4. The maximum atomic E-state index is 11.5. The van der Waals surface area contributed by atoms with Crippen LogP contribution in [-0.2, 0) is 6.54 Å². The van der Waals surface area contributed by atoms with Crippen molar-refractivity contribution in [2.24, 2.45) is 5.84 Å². The van der Waals surface area contributed by atoms with Gasteiger partial charge in [0, 0.05) is 6.54 Å². The van der Waals surface area contributed by atoms with E-state index in [1.165, 1.54) is 29.8 Å². The molecule has 0 aliphatic heterocycles. The predicted molar refractivity (Wildman–Crippen MR) is 69.0 cm³/mol. The van der Waals surface area contributed by atoms with Crippen molar-refractivity contribution in [1.29, 1.82) is 0 Å². The van der Waals surface area contributed by atoms with Crippen LogP contribution in [0.5, 0.6) is 5.75 Å². The van der Waals surface area contributed by atoms with E-state index in [9.17, 15) is 4.79 Å². The molecule has 0 atom stereocenters. The summed E-state index contributed by atoms with van der Waals surface area (Å²) >= 11 is 1.19. The maximum Gasteiger partial charge on any atom is 0.343 e. The van der Waals surface area contributed by atoms with Crippen LogP contribution in [0.1, 0.15) is 6.92 Å². The van der Waals surface area contributed by atoms with E-state index in [0.29, 0.717) is 28.3 Å². The lowest BCUT2D eigenvalue weighted by molar-refractivity contribution is 0.400. The molecular weight excluding hydrogens is 270 g/mol. The number of nitrogens with two attached hydrogens (primary N) is 1. The SMILES string of the molecule is CCn1c(Sc2ncnc(NN)c2OC)n[nH]c1=O. The van der Waals surface area contributed by atoms with Crippen LogP contribution in [0.4, 0.5) is 5.82 Å². The summed E-state index contributed by atoms with van der Waals surface area (Å²) in [4.78, 5) is 19.5. The molecule has 0 spiro atoms. The number of nitrogen functional groups attached to an aromatic ring is 1. The average molecular weight is 283 g/mol. The minimum absolute atomic E-state index is 0.268. The predicted octanol–water partition coefficient (Wildman–Crippen LogP) is -0.173. The van der Waals surface area contributed by atoms with Crippen LogP contribution >= 0.6 is 11.8 Å². The van der Waals surface area contributed by atoms with Crippen molar-refractivity contribution < 1.29 is 4.74 Å². The van der Waals surface area contributed by atoms with Crippen LogP contribution in [0.15, 0.2) is 21.3 Å². The van der Waals surface area contributed by atoms with Gasteiger partial charge in [0.05, 0.1) is 7.11 Å². The average Bonchev–Trinajstić information content (AvgIpc) is 2.78. The number of nitrogens with one attached hydrogen (secondary N) is 2. The van der Waals surface area contributed by atoms with E-state index in [0.717, 1.165) is 0 Å². The molecule has 2 heterocycles. The molecule has 0 aliphatic rings. The van der Waals surface area contributed by atoms with Crippen molar-refractivity contribution in [1.82, 2.24) is 24.7 Å². The van der Waals surface area contributed by atoms with E-state index in [1.807, 2.05) is 6.92 Å². The van der Waals surface area contributed by atoms with Gasteiger partial charge in [-0.3, -0.25) is 4.57 Å². The smallest absolute Gasteiger partial charge is 0.343 e. The highest BCUT2D eigenvalue weighted by Crippen LogP contribution is 2.34. The Morgan fingerprint density at radius 2 is 2.37 bits per heavy atom. The first-order chi connectivity index (χ1) is 9.21. The number of rotatable bonds is 5. The molecule has 2 aromatic heterocycles. The molecule has 0 aromatic carbocycles. The van der Waals surface area contributed by atoms with Crippen LogP contribution in [0.3, 0.4) is 0 Å². The Morgan fingerprint density at radius 3 is 3.00 bits per heavy atom. The van der Waals surface area contributed by atoms with Gasteiger partial charge < -0.3 is 10.2 Å².